The summed E-state index contributed by atoms with van der Waals surface area (Å²) in [6.07, 6.45) is -0.473. The molecule has 1 aliphatic rings. The van der Waals surface area contributed by atoms with Crippen molar-refractivity contribution in [3.05, 3.63) is 23.8 Å². The van der Waals surface area contributed by atoms with Gasteiger partial charge in [0.25, 0.3) is 0 Å². The minimum Gasteiger partial charge on any atom is -0.465 e. The summed E-state index contributed by atoms with van der Waals surface area (Å²) in [7, 11) is -2.55. The molecule has 1 aromatic rings. The number of likely N-dealkylation sites (N-methyl/N-ethyl adjacent to an activating group) is 1. The Morgan fingerprint density at radius 3 is 2.53 bits per heavy atom. The van der Waals surface area contributed by atoms with E-state index in [1.54, 1.807) is 0 Å². The number of nitrogens with zero attached hydrogens (tertiary/aromatic N) is 3. The molecule has 32 heavy (non-hydrogen) atoms. The molecule has 0 aliphatic carbocycles. The Labute approximate surface area is 184 Å². The molecule has 0 saturated heterocycles. The van der Waals surface area contributed by atoms with Crippen LogP contribution in [0.5, 0.6) is 0 Å². The number of hydrogen-bond acceptors (Lipinski definition) is 7. The standard InChI is InChI=1S/C19H23N5O7S/c1-10-16(22-17(26)11(2)23(3)19(28)29)18(27)21-13-6-5-12(8-20)7-14(13)24(10)15(25)9-32(4,30)31/h5-7,10-11,16H,9H2,1-4H3,(H,21,27)(H,22,26)(H,28,29)/t10-,11-,16-/m0/s1. The Bertz CT molecular complexity index is 1110. The van der Waals surface area contributed by atoms with Crippen LogP contribution in [0.2, 0.25) is 0 Å². The third-order valence-corrected chi connectivity index (χ3v) is 5.80. The molecule has 4 amide bonds. The molecular weight excluding hydrogens is 442 g/mol. The van der Waals surface area contributed by atoms with Crippen LogP contribution >= 0.6 is 0 Å². The number of carbonyl (C=O) groups is 4. The Balaban J connectivity index is 2.51. The molecule has 0 saturated carbocycles. The summed E-state index contributed by atoms with van der Waals surface area (Å²) < 4.78 is 23.5. The van der Waals surface area contributed by atoms with E-state index in [1.807, 2.05) is 6.07 Å². The number of benzene rings is 1. The number of hydrogen-bond donors (Lipinski definition) is 3. The van der Waals surface area contributed by atoms with Gasteiger partial charge in [0.1, 0.15) is 17.8 Å². The SMILES string of the molecule is C[C@@H](C(=O)N[C@@H]1C(=O)Nc2ccc(C#N)cc2N(C(=O)CS(C)(=O)=O)[C@H]1C)N(C)C(=O)O. The number of sulfone groups is 1. The number of anilines is 2. The van der Waals surface area contributed by atoms with Gasteiger partial charge in [0.2, 0.25) is 17.7 Å². The topological polar surface area (TPSA) is 177 Å². The normalized spacial score (nSPS) is 19.0. The van der Waals surface area contributed by atoms with Crippen molar-refractivity contribution in [1.82, 2.24) is 10.2 Å². The van der Waals surface area contributed by atoms with Gasteiger partial charge in [0.15, 0.2) is 9.84 Å². The van der Waals surface area contributed by atoms with E-state index in [1.165, 1.54) is 39.1 Å². The summed E-state index contributed by atoms with van der Waals surface area (Å²) in [5.41, 5.74) is 0.419. The fourth-order valence-corrected chi connectivity index (χ4v) is 3.75. The van der Waals surface area contributed by atoms with E-state index >= 15 is 0 Å². The summed E-state index contributed by atoms with van der Waals surface area (Å²) in [6.45, 7) is 2.76. The summed E-state index contributed by atoms with van der Waals surface area (Å²) in [4.78, 5) is 51.3. The predicted octanol–water partition coefficient (Wildman–Crippen LogP) is -0.240. The van der Waals surface area contributed by atoms with Crippen molar-refractivity contribution in [2.45, 2.75) is 32.0 Å². The average molecular weight is 465 g/mol. The van der Waals surface area contributed by atoms with E-state index in [0.29, 0.717) is 0 Å². The minimum absolute atomic E-state index is 0.103. The highest BCUT2D eigenvalue weighted by atomic mass is 32.2. The number of amides is 4. The van der Waals surface area contributed by atoms with Gasteiger partial charge in [-0.3, -0.25) is 19.3 Å². The number of fused-ring (bicyclic) bond motifs is 1. The second kappa shape index (κ2) is 9.23. The van der Waals surface area contributed by atoms with Crippen LogP contribution in [0, 0.1) is 11.3 Å². The van der Waals surface area contributed by atoms with E-state index in [9.17, 15) is 32.9 Å². The first-order chi connectivity index (χ1) is 14.8. The molecule has 3 N–H and O–H groups in total. The Kier molecular flexibility index (Phi) is 7.10. The summed E-state index contributed by atoms with van der Waals surface area (Å²) in [5.74, 6) is -3.21. The van der Waals surface area contributed by atoms with Crippen molar-refractivity contribution in [3.63, 3.8) is 0 Å². The van der Waals surface area contributed by atoms with Crippen LogP contribution in [0.4, 0.5) is 16.2 Å². The number of rotatable bonds is 5. The smallest absolute Gasteiger partial charge is 0.407 e. The molecule has 0 spiro atoms. The molecule has 0 fully saturated rings. The lowest BCUT2D eigenvalue weighted by molar-refractivity contribution is -0.129. The first kappa shape index (κ1) is 24.6. The predicted molar refractivity (Wildman–Crippen MR) is 114 cm³/mol. The van der Waals surface area contributed by atoms with Crippen LogP contribution in [-0.2, 0) is 24.2 Å². The van der Waals surface area contributed by atoms with E-state index < -0.39 is 57.5 Å². The van der Waals surface area contributed by atoms with Crippen LogP contribution in [0.15, 0.2) is 18.2 Å². The molecule has 2 rings (SSSR count). The number of nitriles is 1. The zero-order chi connectivity index (χ0) is 24.4. The van der Waals surface area contributed by atoms with Crippen molar-refractivity contribution >= 4 is 45.0 Å². The molecule has 3 atom stereocenters. The monoisotopic (exact) mass is 465 g/mol. The van der Waals surface area contributed by atoms with Gasteiger partial charge in [0, 0.05) is 13.3 Å². The molecule has 0 aromatic heterocycles. The summed E-state index contributed by atoms with van der Waals surface area (Å²) in [5, 5.41) is 23.3. The lowest BCUT2D eigenvalue weighted by Gasteiger charge is -2.33. The molecule has 1 heterocycles. The second-order valence-corrected chi connectivity index (χ2v) is 9.60. The summed E-state index contributed by atoms with van der Waals surface area (Å²) >= 11 is 0. The van der Waals surface area contributed by atoms with Crippen molar-refractivity contribution < 1.29 is 32.7 Å². The van der Waals surface area contributed by atoms with Gasteiger partial charge >= 0.3 is 6.09 Å². The van der Waals surface area contributed by atoms with Gasteiger partial charge in [-0.25, -0.2) is 13.2 Å². The van der Waals surface area contributed by atoms with Gasteiger partial charge < -0.3 is 20.6 Å². The number of carboxylic acid groups (broad SMARTS) is 1. The molecule has 0 bridgehead atoms. The Morgan fingerprint density at radius 2 is 2.00 bits per heavy atom. The van der Waals surface area contributed by atoms with Crippen molar-refractivity contribution in [2.75, 3.05) is 29.3 Å². The maximum atomic E-state index is 12.9. The zero-order valence-electron chi connectivity index (χ0n) is 17.8. The van der Waals surface area contributed by atoms with Gasteiger partial charge in [-0.05, 0) is 32.0 Å². The van der Waals surface area contributed by atoms with Crippen molar-refractivity contribution in [3.8, 4) is 6.07 Å². The number of carbonyl (C=O) groups excluding carboxylic acids is 3. The van der Waals surface area contributed by atoms with Crippen LogP contribution in [0.25, 0.3) is 0 Å². The average Bonchev–Trinajstić information content (AvgIpc) is 2.79. The van der Waals surface area contributed by atoms with Gasteiger partial charge in [-0.2, -0.15) is 5.26 Å². The highest BCUT2D eigenvalue weighted by Crippen LogP contribution is 2.33. The van der Waals surface area contributed by atoms with Gasteiger partial charge in [0.05, 0.1) is 29.0 Å². The zero-order valence-corrected chi connectivity index (χ0v) is 18.6. The first-order valence-corrected chi connectivity index (χ1v) is 11.4. The van der Waals surface area contributed by atoms with Crippen LogP contribution in [0.3, 0.4) is 0 Å². The largest absolute Gasteiger partial charge is 0.465 e. The molecule has 1 aromatic carbocycles. The third kappa shape index (κ3) is 5.33. The van der Waals surface area contributed by atoms with Crippen LogP contribution in [-0.4, -0.2) is 79.4 Å². The molecule has 0 radical (unpaired) electrons. The lowest BCUT2D eigenvalue weighted by Crippen LogP contribution is -2.59. The molecule has 0 unspecified atom stereocenters. The molecule has 1 aliphatic heterocycles. The molecule has 13 heteroatoms. The van der Waals surface area contributed by atoms with E-state index in [4.69, 9.17) is 5.11 Å². The fourth-order valence-electron chi connectivity index (χ4n) is 3.16. The van der Waals surface area contributed by atoms with Crippen molar-refractivity contribution in [2.24, 2.45) is 0 Å². The highest BCUT2D eigenvalue weighted by molar-refractivity contribution is 7.91. The van der Waals surface area contributed by atoms with E-state index in [-0.39, 0.29) is 16.9 Å². The quantitative estimate of drug-likeness (QED) is 0.533. The van der Waals surface area contributed by atoms with Gasteiger partial charge in [-0.15, -0.1) is 0 Å². The molecule has 12 nitrogen and oxygen atoms in total. The maximum absolute atomic E-state index is 12.9. The minimum atomic E-state index is -3.74. The van der Waals surface area contributed by atoms with Crippen LogP contribution in [0.1, 0.15) is 19.4 Å². The van der Waals surface area contributed by atoms with Crippen molar-refractivity contribution in [1.29, 1.82) is 5.26 Å². The lowest BCUT2D eigenvalue weighted by atomic mass is 10.1. The molecule has 172 valence electrons. The maximum Gasteiger partial charge on any atom is 0.407 e. The van der Waals surface area contributed by atoms with E-state index in [0.717, 1.165) is 16.1 Å². The third-order valence-electron chi connectivity index (χ3n) is 5.03. The molecular formula is C19H23N5O7S. The Morgan fingerprint density at radius 1 is 1.38 bits per heavy atom. The Hall–Kier alpha value is -3.66. The second-order valence-electron chi connectivity index (χ2n) is 7.46. The number of nitrogens with one attached hydrogen (secondary N) is 2. The van der Waals surface area contributed by atoms with E-state index in [2.05, 4.69) is 10.6 Å². The highest BCUT2D eigenvalue weighted by Gasteiger charge is 2.40. The summed E-state index contributed by atoms with van der Waals surface area (Å²) in [6, 6.07) is 2.49. The van der Waals surface area contributed by atoms with Crippen LogP contribution < -0.4 is 15.5 Å². The first-order valence-electron chi connectivity index (χ1n) is 9.37. The fraction of sp³-hybridized carbons (Fsp3) is 0.421. The van der Waals surface area contributed by atoms with Gasteiger partial charge in [-0.1, -0.05) is 0 Å².